The Morgan fingerprint density at radius 2 is 2.11 bits per heavy atom. The van der Waals surface area contributed by atoms with Crippen LogP contribution in [0.4, 0.5) is 0 Å². The van der Waals surface area contributed by atoms with Crippen molar-refractivity contribution in [2.45, 2.75) is 45.1 Å². The summed E-state index contributed by atoms with van der Waals surface area (Å²) in [7, 11) is 1.83. The Bertz CT molecular complexity index is 422. The van der Waals surface area contributed by atoms with Crippen LogP contribution in [-0.4, -0.2) is 44.1 Å². The zero-order valence-corrected chi connectivity index (χ0v) is 11.5. The Labute approximate surface area is 108 Å². The molecule has 2 heterocycles. The highest BCUT2D eigenvalue weighted by molar-refractivity contribution is 5.89. The first-order valence-electron chi connectivity index (χ1n) is 6.69. The Kier molecular flexibility index (Phi) is 3.80. The van der Waals surface area contributed by atoms with Gasteiger partial charge < -0.3 is 0 Å². The Balaban J connectivity index is 2.12. The topological polar surface area (TPSA) is 51.0 Å². The molecular weight excluding hydrogens is 228 g/mol. The lowest BCUT2D eigenvalue weighted by atomic mass is 9.89. The molecule has 0 amide bonds. The summed E-state index contributed by atoms with van der Waals surface area (Å²) < 4.78 is 1.68. The van der Waals surface area contributed by atoms with Gasteiger partial charge in [-0.2, -0.15) is 5.10 Å². The van der Waals surface area contributed by atoms with Crippen LogP contribution >= 0.6 is 0 Å². The second-order valence-corrected chi connectivity index (χ2v) is 5.22. The van der Waals surface area contributed by atoms with Gasteiger partial charge in [-0.05, 0) is 39.3 Å². The molecule has 0 saturated carbocycles. The van der Waals surface area contributed by atoms with E-state index in [2.05, 4.69) is 28.8 Å². The quantitative estimate of drug-likeness (QED) is 0.787. The molecule has 5 nitrogen and oxygen atoms in total. The van der Waals surface area contributed by atoms with E-state index in [-0.39, 0.29) is 11.3 Å². The highest BCUT2D eigenvalue weighted by atomic mass is 16.1. The Morgan fingerprint density at radius 1 is 1.44 bits per heavy atom. The lowest BCUT2D eigenvalue weighted by Crippen LogP contribution is -2.51. The van der Waals surface area contributed by atoms with Crippen molar-refractivity contribution < 1.29 is 4.79 Å². The number of Topliss-reactive ketones (excluding diaryl/α,β-unsaturated/α-hetero) is 1. The molecule has 1 saturated heterocycles. The van der Waals surface area contributed by atoms with Gasteiger partial charge in [-0.15, -0.1) is 0 Å². The normalized spacial score (nSPS) is 19.9. The van der Waals surface area contributed by atoms with Crippen LogP contribution in [0.25, 0.3) is 0 Å². The SMILES string of the molecule is CCC(C)(C(=O)Cc1ncnn1C)N1CCCC1. The number of likely N-dealkylation sites (tertiary alicyclic amines) is 1. The molecule has 1 unspecified atom stereocenters. The van der Waals surface area contributed by atoms with E-state index in [0.717, 1.165) is 25.3 Å². The number of hydrogen-bond donors (Lipinski definition) is 0. The molecule has 0 aromatic carbocycles. The van der Waals surface area contributed by atoms with Crippen LogP contribution in [0.5, 0.6) is 0 Å². The summed E-state index contributed by atoms with van der Waals surface area (Å²) in [6.07, 6.45) is 5.13. The minimum absolute atomic E-state index is 0.253. The summed E-state index contributed by atoms with van der Waals surface area (Å²) in [4.78, 5) is 19.0. The largest absolute Gasteiger partial charge is 0.297 e. The number of carbonyl (C=O) groups excluding carboxylic acids is 1. The fourth-order valence-electron chi connectivity index (χ4n) is 2.62. The Morgan fingerprint density at radius 3 is 2.61 bits per heavy atom. The summed E-state index contributed by atoms with van der Waals surface area (Å²) in [6.45, 7) is 6.23. The van der Waals surface area contributed by atoms with Crippen molar-refractivity contribution in [1.29, 1.82) is 0 Å². The fraction of sp³-hybridized carbons (Fsp3) is 0.769. The molecule has 0 radical (unpaired) electrons. The maximum absolute atomic E-state index is 12.6. The molecule has 1 aromatic heterocycles. The number of rotatable bonds is 5. The predicted octanol–water partition coefficient (Wildman–Crippen LogP) is 1.19. The fourth-order valence-corrected chi connectivity index (χ4v) is 2.62. The molecule has 18 heavy (non-hydrogen) atoms. The van der Waals surface area contributed by atoms with Crippen molar-refractivity contribution >= 4 is 5.78 Å². The molecule has 0 spiro atoms. The van der Waals surface area contributed by atoms with Crippen molar-refractivity contribution in [2.75, 3.05) is 13.1 Å². The molecule has 1 fully saturated rings. The third-order valence-corrected chi connectivity index (χ3v) is 4.22. The van der Waals surface area contributed by atoms with E-state index in [1.165, 1.54) is 19.2 Å². The summed E-state index contributed by atoms with van der Waals surface area (Å²) >= 11 is 0. The first kappa shape index (κ1) is 13.2. The molecule has 100 valence electrons. The summed E-state index contributed by atoms with van der Waals surface area (Å²) in [5.74, 6) is 1.00. The van der Waals surface area contributed by atoms with E-state index in [9.17, 15) is 4.79 Å². The molecule has 1 atom stereocenters. The molecule has 1 aromatic rings. The van der Waals surface area contributed by atoms with Crippen LogP contribution in [0, 0.1) is 0 Å². The summed E-state index contributed by atoms with van der Waals surface area (Å²) in [6, 6.07) is 0. The highest BCUT2D eigenvalue weighted by Gasteiger charge is 2.38. The van der Waals surface area contributed by atoms with Crippen molar-refractivity contribution in [3.05, 3.63) is 12.2 Å². The molecule has 5 heteroatoms. The minimum atomic E-state index is -0.345. The highest BCUT2D eigenvalue weighted by Crippen LogP contribution is 2.26. The van der Waals surface area contributed by atoms with E-state index < -0.39 is 0 Å². The second kappa shape index (κ2) is 5.18. The van der Waals surface area contributed by atoms with Gasteiger partial charge in [-0.1, -0.05) is 6.92 Å². The average Bonchev–Trinajstić information content (AvgIpc) is 3.01. The Hall–Kier alpha value is -1.23. The lowest BCUT2D eigenvalue weighted by Gasteiger charge is -2.36. The van der Waals surface area contributed by atoms with Gasteiger partial charge in [0.2, 0.25) is 0 Å². The number of hydrogen-bond acceptors (Lipinski definition) is 4. The molecule has 2 rings (SSSR count). The van der Waals surface area contributed by atoms with Gasteiger partial charge in [0.1, 0.15) is 12.2 Å². The van der Waals surface area contributed by atoms with Gasteiger partial charge in [-0.25, -0.2) is 4.98 Å². The maximum atomic E-state index is 12.6. The average molecular weight is 250 g/mol. The maximum Gasteiger partial charge on any atom is 0.160 e. The van der Waals surface area contributed by atoms with Crippen LogP contribution in [0.1, 0.15) is 38.9 Å². The molecule has 0 aliphatic carbocycles. The van der Waals surface area contributed by atoms with Gasteiger partial charge in [0.25, 0.3) is 0 Å². The summed E-state index contributed by atoms with van der Waals surface area (Å²) in [5.41, 5.74) is -0.345. The van der Waals surface area contributed by atoms with Crippen molar-refractivity contribution in [1.82, 2.24) is 19.7 Å². The van der Waals surface area contributed by atoms with E-state index in [4.69, 9.17) is 0 Å². The number of ketones is 1. The predicted molar refractivity (Wildman–Crippen MR) is 69.2 cm³/mol. The number of carbonyl (C=O) groups is 1. The van der Waals surface area contributed by atoms with Crippen molar-refractivity contribution in [3.63, 3.8) is 0 Å². The van der Waals surface area contributed by atoms with Gasteiger partial charge in [0.15, 0.2) is 5.78 Å². The minimum Gasteiger partial charge on any atom is -0.297 e. The zero-order chi connectivity index (χ0) is 13.2. The zero-order valence-electron chi connectivity index (χ0n) is 11.5. The van der Waals surface area contributed by atoms with E-state index in [0.29, 0.717) is 6.42 Å². The van der Waals surface area contributed by atoms with Crippen molar-refractivity contribution in [2.24, 2.45) is 7.05 Å². The summed E-state index contributed by atoms with van der Waals surface area (Å²) in [5, 5.41) is 4.01. The first-order valence-corrected chi connectivity index (χ1v) is 6.69. The van der Waals surface area contributed by atoms with E-state index in [1.807, 2.05) is 7.05 Å². The third-order valence-electron chi connectivity index (χ3n) is 4.22. The van der Waals surface area contributed by atoms with Crippen LogP contribution in [0.15, 0.2) is 6.33 Å². The number of aryl methyl sites for hydroxylation is 1. The van der Waals surface area contributed by atoms with Crippen LogP contribution in [-0.2, 0) is 18.3 Å². The number of aromatic nitrogens is 3. The van der Waals surface area contributed by atoms with Gasteiger partial charge in [-0.3, -0.25) is 14.4 Å². The number of nitrogens with zero attached hydrogens (tertiary/aromatic N) is 4. The first-order chi connectivity index (χ1) is 8.58. The monoisotopic (exact) mass is 250 g/mol. The van der Waals surface area contributed by atoms with Crippen LogP contribution in [0.2, 0.25) is 0 Å². The second-order valence-electron chi connectivity index (χ2n) is 5.22. The molecule has 0 N–H and O–H groups in total. The van der Waals surface area contributed by atoms with Gasteiger partial charge >= 0.3 is 0 Å². The molecule has 1 aliphatic heterocycles. The van der Waals surface area contributed by atoms with Crippen molar-refractivity contribution in [3.8, 4) is 0 Å². The lowest BCUT2D eigenvalue weighted by molar-refractivity contribution is -0.129. The van der Waals surface area contributed by atoms with E-state index >= 15 is 0 Å². The van der Waals surface area contributed by atoms with Gasteiger partial charge in [0, 0.05) is 7.05 Å². The van der Waals surface area contributed by atoms with Crippen LogP contribution < -0.4 is 0 Å². The van der Waals surface area contributed by atoms with E-state index in [1.54, 1.807) is 4.68 Å². The molecule has 1 aliphatic rings. The van der Waals surface area contributed by atoms with Gasteiger partial charge in [0.05, 0.1) is 12.0 Å². The third kappa shape index (κ3) is 2.32. The van der Waals surface area contributed by atoms with Crippen LogP contribution in [0.3, 0.4) is 0 Å². The molecule has 0 bridgehead atoms. The molecular formula is C13H22N4O. The standard InChI is InChI=1S/C13H22N4O/c1-4-13(2,17-7-5-6-8-17)11(18)9-12-14-10-15-16(12)3/h10H,4-9H2,1-3H3. The smallest absolute Gasteiger partial charge is 0.160 e.